The van der Waals surface area contributed by atoms with E-state index in [0.29, 0.717) is 22.2 Å². The fourth-order valence-electron chi connectivity index (χ4n) is 3.78. The summed E-state index contributed by atoms with van der Waals surface area (Å²) in [5.74, 6) is -0.104. The van der Waals surface area contributed by atoms with Crippen molar-refractivity contribution in [1.82, 2.24) is 14.1 Å². The van der Waals surface area contributed by atoms with Crippen LogP contribution in [0.15, 0.2) is 94.3 Å². The van der Waals surface area contributed by atoms with Gasteiger partial charge in [-0.2, -0.15) is 9.40 Å². The van der Waals surface area contributed by atoms with E-state index in [2.05, 4.69) is 26.3 Å². The molecule has 0 atom stereocenters. The van der Waals surface area contributed by atoms with Crippen LogP contribution in [0.1, 0.15) is 13.8 Å². The van der Waals surface area contributed by atoms with Crippen LogP contribution in [-0.4, -0.2) is 41.5 Å². The maximum absolute atomic E-state index is 13.4. The summed E-state index contributed by atoms with van der Waals surface area (Å²) in [7, 11) is -3.90. The third-order valence-electron chi connectivity index (χ3n) is 5.47. The Balaban J connectivity index is 1.66. The molecule has 0 spiro atoms. The second kappa shape index (κ2) is 11.6. The van der Waals surface area contributed by atoms with Gasteiger partial charge >= 0.3 is 0 Å². The predicted molar refractivity (Wildman–Crippen MR) is 150 cm³/mol. The molecule has 0 unspecified atom stereocenters. The maximum atomic E-state index is 13.4. The molecule has 0 saturated carbocycles. The van der Waals surface area contributed by atoms with Gasteiger partial charge in [0.25, 0.3) is 0 Å². The zero-order valence-corrected chi connectivity index (χ0v) is 23.5. The average Bonchev–Trinajstić information content (AvgIpc) is 3.27. The lowest BCUT2D eigenvalue weighted by Gasteiger charge is -2.23. The topological polar surface area (TPSA) is 84.3 Å². The minimum absolute atomic E-state index is 0.0105. The number of hydrogen-bond donors (Lipinski definition) is 1. The Morgan fingerprint density at radius 2 is 1.68 bits per heavy atom. The van der Waals surface area contributed by atoms with E-state index in [0.717, 1.165) is 10.0 Å². The number of carbonyl (C=O) groups is 1. The van der Waals surface area contributed by atoms with E-state index in [1.165, 1.54) is 16.4 Å². The van der Waals surface area contributed by atoms with Crippen LogP contribution in [-0.2, 0) is 14.8 Å². The Morgan fingerprint density at radius 1 is 1.03 bits per heavy atom. The molecule has 0 radical (unpaired) electrons. The number of amides is 1. The third-order valence-corrected chi connectivity index (χ3v) is 8.14. The van der Waals surface area contributed by atoms with Crippen molar-refractivity contribution >= 4 is 49.3 Å². The molecule has 10 heteroatoms. The summed E-state index contributed by atoms with van der Waals surface area (Å²) in [5, 5.41) is 7.99. The van der Waals surface area contributed by atoms with Crippen LogP contribution in [0.3, 0.4) is 0 Å². The second-order valence-electron chi connectivity index (χ2n) is 8.84. The van der Waals surface area contributed by atoms with E-state index >= 15 is 0 Å². The van der Waals surface area contributed by atoms with Gasteiger partial charge in [0, 0.05) is 22.6 Å². The van der Waals surface area contributed by atoms with Gasteiger partial charge in [0.15, 0.2) is 0 Å². The smallest absolute Gasteiger partial charge is 0.243 e. The Bertz CT molecular complexity index is 1490. The van der Waals surface area contributed by atoms with Crippen molar-refractivity contribution in [2.45, 2.75) is 18.7 Å². The number of anilines is 1. The van der Waals surface area contributed by atoms with Crippen LogP contribution >= 0.6 is 27.5 Å². The van der Waals surface area contributed by atoms with Crippen molar-refractivity contribution in [3.8, 4) is 16.9 Å². The first-order valence-electron chi connectivity index (χ1n) is 11.6. The van der Waals surface area contributed by atoms with E-state index in [4.69, 9.17) is 11.6 Å². The lowest BCUT2D eigenvalue weighted by atomic mass is 10.1. The molecule has 0 aliphatic heterocycles. The number of nitrogens with one attached hydrogen (secondary N) is 1. The first-order chi connectivity index (χ1) is 17.6. The Morgan fingerprint density at radius 3 is 2.32 bits per heavy atom. The van der Waals surface area contributed by atoms with Crippen molar-refractivity contribution in [3.05, 3.63) is 94.4 Å². The Hall–Kier alpha value is -2.98. The summed E-state index contributed by atoms with van der Waals surface area (Å²) >= 11 is 9.77. The lowest BCUT2D eigenvalue weighted by molar-refractivity contribution is -0.116. The van der Waals surface area contributed by atoms with Crippen LogP contribution in [0, 0.1) is 5.92 Å². The van der Waals surface area contributed by atoms with E-state index in [9.17, 15) is 13.2 Å². The number of benzene rings is 3. The highest BCUT2D eigenvalue weighted by Gasteiger charge is 2.28. The van der Waals surface area contributed by atoms with Crippen molar-refractivity contribution in [1.29, 1.82) is 0 Å². The van der Waals surface area contributed by atoms with Gasteiger partial charge in [-0.3, -0.25) is 4.79 Å². The zero-order chi connectivity index (χ0) is 26.6. The van der Waals surface area contributed by atoms with Gasteiger partial charge in [-0.25, -0.2) is 13.1 Å². The van der Waals surface area contributed by atoms with Crippen molar-refractivity contribution in [2.75, 3.05) is 18.4 Å². The number of rotatable bonds is 9. The van der Waals surface area contributed by atoms with Gasteiger partial charge in [-0.15, -0.1) is 0 Å². The highest BCUT2D eigenvalue weighted by atomic mass is 79.9. The molecule has 1 amide bonds. The van der Waals surface area contributed by atoms with Gasteiger partial charge in [-0.1, -0.05) is 83.8 Å². The number of carbonyl (C=O) groups excluding carboxylic acids is 1. The molecule has 7 nitrogen and oxygen atoms in total. The molecule has 1 heterocycles. The molecular weight excluding hydrogens is 576 g/mol. The van der Waals surface area contributed by atoms with Gasteiger partial charge in [-0.05, 0) is 42.3 Å². The summed E-state index contributed by atoms with van der Waals surface area (Å²) in [6.07, 6.45) is 0. The molecule has 3 aromatic carbocycles. The average molecular weight is 602 g/mol. The molecular formula is C27H26BrClN4O3S. The quantitative estimate of drug-likeness (QED) is 0.246. The normalized spacial score (nSPS) is 11.7. The molecule has 192 valence electrons. The lowest BCUT2D eigenvalue weighted by Crippen LogP contribution is -2.40. The minimum Gasteiger partial charge on any atom is -0.309 e. The van der Waals surface area contributed by atoms with Gasteiger partial charge in [0.1, 0.15) is 5.82 Å². The number of para-hydroxylation sites is 1. The van der Waals surface area contributed by atoms with Crippen molar-refractivity contribution in [3.63, 3.8) is 0 Å². The summed E-state index contributed by atoms with van der Waals surface area (Å²) in [4.78, 5) is 13.4. The number of nitrogens with zero attached hydrogens (tertiary/aromatic N) is 3. The Labute approximate surface area is 230 Å². The predicted octanol–water partition coefficient (Wildman–Crippen LogP) is 6.24. The molecule has 1 aromatic heterocycles. The summed E-state index contributed by atoms with van der Waals surface area (Å²) in [6, 6.07) is 24.8. The highest BCUT2D eigenvalue weighted by Crippen LogP contribution is 2.28. The monoisotopic (exact) mass is 600 g/mol. The fourth-order valence-corrected chi connectivity index (χ4v) is 5.82. The van der Waals surface area contributed by atoms with Crippen molar-refractivity contribution in [2.24, 2.45) is 5.92 Å². The Kier molecular flexibility index (Phi) is 8.49. The van der Waals surface area contributed by atoms with Crippen LogP contribution < -0.4 is 5.32 Å². The standard InChI is InChI=1S/C27H26BrClN4O3S/c1-19(2)17-32(37(35,36)22-14-12-21(28)13-15-22)18-27(34)30-26-16-24(20-8-4-3-5-9-20)31-33(26)25-11-7-6-10-23(25)29/h3-16,19H,17-18H2,1-2H3,(H,30,34). The van der Waals surface area contributed by atoms with Crippen LogP contribution in [0.2, 0.25) is 5.02 Å². The van der Waals surface area contributed by atoms with Crippen LogP contribution in [0.5, 0.6) is 0 Å². The summed E-state index contributed by atoms with van der Waals surface area (Å²) in [5.41, 5.74) is 2.09. The SMILES string of the molecule is CC(C)CN(CC(=O)Nc1cc(-c2ccccc2)nn1-c1ccccc1Cl)S(=O)(=O)c1ccc(Br)cc1. The van der Waals surface area contributed by atoms with Crippen LogP contribution in [0.25, 0.3) is 16.9 Å². The van der Waals surface area contributed by atoms with Crippen LogP contribution in [0.4, 0.5) is 5.82 Å². The number of hydrogen-bond acceptors (Lipinski definition) is 4. The maximum Gasteiger partial charge on any atom is 0.243 e. The molecule has 0 fully saturated rings. The van der Waals surface area contributed by atoms with E-state index in [1.54, 1.807) is 35.0 Å². The minimum atomic E-state index is -3.90. The van der Waals surface area contributed by atoms with E-state index in [1.807, 2.05) is 56.3 Å². The molecule has 0 saturated heterocycles. The van der Waals surface area contributed by atoms with Gasteiger partial charge < -0.3 is 5.32 Å². The number of sulfonamides is 1. The summed E-state index contributed by atoms with van der Waals surface area (Å²) < 4.78 is 30.3. The molecule has 4 aromatic rings. The first-order valence-corrected chi connectivity index (χ1v) is 14.2. The molecule has 4 rings (SSSR count). The molecule has 0 aliphatic rings. The molecule has 0 aliphatic carbocycles. The third kappa shape index (κ3) is 6.48. The molecule has 1 N–H and O–H groups in total. The van der Waals surface area contributed by atoms with Crippen molar-refractivity contribution < 1.29 is 13.2 Å². The first kappa shape index (κ1) is 27.1. The second-order valence-corrected chi connectivity index (χ2v) is 12.1. The summed E-state index contributed by atoms with van der Waals surface area (Å²) in [6.45, 7) is 3.64. The molecule has 37 heavy (non-hydrogen) atoms. The molecule has 0 bridgehead atoms. The largest absolute Gasteiger partial charge is 0.309 e. The van der Waals surface area contributed by atoms with Gasteiger partial charge in [0.2, 0.25) is 15.9 Å². The number of halogens is 2. The number of aromatic nitrogens is 2. The fraction of sp³-hybridized carbons (Fsp3) is 0.185. The van der Waals surface area contributed by atoms with E-state index < -0.39 is 15.9 Å². The van der Waals surface area contributed by atoms with Gasteiger partial charge in [0.05, 0.1) is 27.8 Å². The van der Waals surface area contributed by atoms with E-state index in [-0.39, 0.29) is 23.9 Å². The zero-order valence-electron chi connectivity index (χ0n) is 20.3. The highest BCUT2D eigenvalue weighted by molar-refractivity contribution is 9.10.